The molecule has 0 aromatic heterocycles. The zero-order valence-electron chi connectivity index (χ0n) is 18.1. The van der Waals surface area contributed by atoms with Crippen LogP contribution >= 0.6 is 0 Å². The van der Waals surface area contributed by atoms with E-state index in [1.165, 1.54) is 31.2 Å². The van der Waals surface area contributed by atoms with Gasteiger partial charge in [-0.15, -0.1) is 0 Å². The van der Waals surface area contributed by atoms with Crippen LogP contribution in [-0.2, 0) is 20.8 Å². The number of rotatable bonds is 9. The molecule has 3 rings (SSSR count). The van der Waals surface area contributed by atoms with Gasteiger partial charge in [0.05, 0.1) is 0 Å². The third kappa shape index (κ3) is 6.49. The molecule has 6 nitrogen and oxygen atoms in total. The Bertz CT molecular complexity index is 1050. The standard InChI is InChI=1S/C26H25FN2O4/c1-17(30)28-22(16-18-12-14-21(27)15-13-18)25(31)29-24(26(32)33)23(19-8-4-2-5-9-19)20-10-6-3-7-11-20/h2-15,22-24H,16H2,1H3,(H,28,30)(H,29,31)(H,32,33)/t22-,24+/m1/s1. The van der Waals surface area contributed by atoms with Crippen LogP contribution in [-0.4, -0.2) is 35.0 Å². The van der Waals surface area contributed by atoms with Crippen molar-refractivity contribution in [3.05, 3.63) is 107 Å². The number of carboxylic acid groups (broad SMARTS) is 1. The van der Waals surface area contributed by atoms with Crippen LogP contribution in [0.2, 0.25) is 0 Å². The highest BCUT2D eigenvalue weighted by atomic mass is 19.1. The average Bonchev–Trinajstić information content (AvgIpc) is 2.80. The third-order valence-electron chi connectivity index (χ3n) is 5.26. The molecule has 0 aliphatic heterocycles. The summed E-state index contributed by atoms with van der Waals surface area (Å²) in [5, 5.41) is 15.2. The SMILES string of the molecule is CC(=O)N[C@H](Cc1ccc(F)cc1)C(=O)N[C@H](C(=O)O)C(c1ccccc1)c1ccccc1. The van der Waals surface area contributed by atoms with Crippen LogP contribution in [0, 0.1) is 5.82 Å². The van der Waals surface area contributed by atoms with E-state index in [4.69, 9.17) is 0 Å². The number of carbonyl (C=O) groups is 3. The van der Waals surface area contributed by atoms with Crippen molar-refractivity contribution >= 4 is 17.8 Å². The van der Waals surface area contributed by atoms with Crippen molar-refractivity contribution in [3.8, 4) is 0 Å². The van der Waals surface area contributed by atoms with Gasteiger partial charge in [0.25, 0.3) is 0 Å². The molecule has 33 heavy (non-hydrogen) atoms. The van der Waals surface area contributed by atoms with E-state index >= 15 is 0 Å². The summed E-state index contributed by atoms with van der Waals surface area (Å²) in [5.41, 5.74) is 2.08. The molecule has 0 radical (unpaired) electrons. The molecule has 3 N–H and O–H groups in total. The van der Waals surface area contributed by atoms with Crippen molar-refractivity contribution in [2.75, 3.05) is 0 Å². The van der Waals surface area contributed by atoms with E-state index in [1.54, 1.807) is 24.3 Å². The molecule has 0 aliphatic carbocycles. The van der Waals surface area contributed by atoms with Gasteiger partial charge in [-0.3, -0.25) is 9.59 Å². The second-order valence-corrected chi connectivity index (χ2v) is 7.71. The van der Waals surface area contributed by atoms with Gasteiger partial charge in [-0.05, 0) is 28.8 Å². The fourth-order valence-corrected chi connectivity index (χ4v) is 3.75. The van der Waals surface area contributed by atoms with Gasteiger partial charge < -0.3 is 15.7 Å². The Morgan fingerprint density at radius 2 is 1.33 bits per heavy atom. The molecule has 0 unspecified atom stereocenters. The minimum absolute atomic E-state index is 0.0827. The largest absolute Gasteiger partial charge is 0.480 e. The number of halogens is 1. The molecule has 3 aromatic rings. The van der Waals surface area contributed by atoms with Crippen molar-refractivity contribution in [2.24, 2.45) is 0 Å². The van der Waals surface area contributed by atoms with E-state index < -0.39 is 41.6 Å². The lowest BCUT2D eigenvalue weighted by Crippen LogP contribution is -2.54. The number of carbonyl (C=O) groups excluding carboxylic acids is 2. The molecule has 0 saturated heterocycles. The average molecular weight is 448 g/mol. The summed E-state index contributed by atoms with van der Waals surface area (Å²) in [6, 6.07) is 21.4. The van der Waals surface area contributed by atoms with Gasteiger partial charge in [0.15, 0.2) is 0 Å². The molecular weight excluding hydrogens is 423 g/mol. The Morgan fingerprint density at radius 3 is 1.79 bits per heavy atom. The first-order chi connectivity index (χ1) is 15.8. The molecular formula is C26H25FN2O4. The first kappa shape index (κ1) is 23.7. The van der Waals surface area contributed by atoms with E-state index in [0.29, 0.717) is 5.56 Å². The van der Waals surface area contributed by atoms with Crippen LogP contribution in [0.4, 0.5) is 4.39 Å². The van der Waals surface area contributed by atoms with Crippen molar-refractivity contribution in [3.63, 3.8) is 0 Å². The number of carboxylic acids is 1. The fraction of sp³-hybridized carbons (Fsp3) is 0.192. The number of benzene rings is 3. The number of amides is 2. The minimum Gasteiger partial charge on any atom is -0.480 e. The Hall–Kier alpha value is -4.00. The third-order valence-corrected chi connectivity index (χ3v) is 5.26. The van der Waals surface area contributed by atoms with Crippen molar-refractivity contribution in [1.29, 1.82) is 0 Å². The van der Waals surface area contributed by atoms with Gasteiger partial charge in [0.2, 0.25) is 11.8 Å². The summed E-state index contributed by atoms with van der Waals surface area (Å²) < 4.78 is 13.3. The van der Waals surface area contributed by atoms with Crippen LogP contribution in [0.25, 0.3) is 0 Å². The van der Waals surface area contributed by atoms with Gasteiger partial charge in [-0.25, -0.2) is 9.18 Å². The molecule has 7 heteroatoms. The van der Waals surface area contributed by atoms with Crippen molar-refractivity contribution in [1.82, 2.24) is 10.6 Å². The summed E-state index contributed by atoms with van der Waals surface area (Å²) in [6.45, 7) is 1.27. The second kappa shape index (κ2) is 11.0. The van der Waals surface area contributed by atoms with Gasteiger partial charge in [0.1, 0.15) is 17.9 Å². The van der Waals surface area contributed by atoms with Crippen molar-refractivity contribution in [2.45, 2.75) is 31.3 Å². The summed E-state index contributed by atoms with van der Waals surface area (Å²) in [7, 11) is 0. The zero-order valence-corrected chi connectivity index (χ0v) is 18.1. The van der Waals surface area contributed by atoms with Crippen LogP contribution in [0.3, 0.4) is 0 Å². The van der Waals surface area contributed by atoms with Crippen LogP contribution < -0.4 is 10.6 Å². The lowest BCUT2D eigenvalue weighted by atomic mass is 9.84. The highest BCUT2D eigenvalue weighted by Gasteiger charge is 2.34. The van der Waals surface area contributed by atoms with Crippen LogP contribution in [0.15, 0.2) is 84.9 Å². The molecule has 3 aromatic carbocycles. The molecule has 0 aliphatic rings. The molecule has 0 bridgehead atoms. The molecule has 0 heterocycles. The molecule has 0 saturated carbocycles. The topological polar surface area (TPSA) is 95.5 Å². The van der Waals surface area contributed by atoms with E-state index in [1.807, 2.05) is 36.4 Å². The van der Waals surface area contributed by atoms with Gasteiger partial charge in [-0.1, -0.05) is 72.8 Å². The van der Waals surface area contributed by atoms with Gasteiger partial charge in [-0.2, -0.15) is 0 Å². The number of aliphatic carboxylic acids is 1. The first-order valence-electron chi connectivity index (χ1n) is 10.5. The zero-order chi connectivity index (χ0) is 23.8. The number of hydrogen-bond acceptors (Lipinski definition) is 3. The van der Waals surface area contributed by atoms with E-state index in [2.05, 4.69) is 10.6 Å². The lowest BCUT2D eigenvalue weighted by molar-refractivity contribution is -0.142. The van der Waals surface area contributed by atoms with Gasteiger partial charge in [0, 0.05) is 19.3 Å². The Balaban J connectivity index is 1.91. The summed E-state index contributed by atoms with van der Waals surface area (Å²) in [6.07, 6.45) is 0.0827. The lowest BCUT2D eigenvalue weighted by Gasteiger charge is -2.28. The fourth-order valence-electron chi connectivity index (χ4n) is 3.75. The quantitative estimate of drug-likeness (QED) is 0.468. The summed E-state index contributed by atoms with van der Waals surface area (Å²) >= 11 is 0. The number of nitrogens with one attached hydrogen (secondary N) is 2. The maximum Gasteiger partial charge on any atom is 0.327 e. The molecule has 2 atom stereocenters. The predicted molar refractivity (Wildman–Crippen MR) is 122 cm³/mol. The minimum atomic E-state index is -1.29. The van der Waals surface area contributed by atoms with E-state index in [0.717, 1.165) is 11.1 Å². The van der Waals surface area contributed by atoms with Gasteiger partial charge >= 0.3 is 5.97 Å². The molecule has 2 amide bonds. The molecule has 0 spiro atoms. The summed E-state index contributed by atoms with van der Waals surface area (Å²) in [4.78, 5) is 37.2. The molecule has 0 fully saturated rings. The Labute approximate surface area is 191 Å². The van der Waals surface area contributed by atoms with Crippen LogP contribution in [0.1, 0.15) is 29.5 Å². The molecule has 170 valence electrons. The highest BCUT2D eigenvalue weighted by Crippen LogP contribution is 2.28. The van der Waals surface area contributed by atoms with E-state index in [9.17, 15) is 23.9 Å². The maximum atomic E-state index is 13.3. The normalized spacial score (nSPS) is 12.6. The first-order valence-corrected chi connectivity index (χ1v) is 10.5. The second-order valence-electron chi connectivity index (χ2n) is 7.71. The van der Waals surface area contributed by atoms with Crippen molar-refractivity contribution < 1.29 is 23.9 Å². The predicted octanol–water partition coefficient (Wildman–Crippen LogP) is 3.27. The Morgan fingerprint density at radius 1 is 0.818 bits per heavy atom. The smallest absolute Gasteiger partial charge is 0.327 e. The van der Waals surface area contributed by atoms with E-state index in [-0.39, 0.29) is 6.42 Å². The summed E-state index contributed by atoms with van der Waals surface area (Å²) in [5.74, 6) is -3.36. The maximum absolute atomic E-state index is 13.3. The number of hydrogen-bond donors (Lipinski definition) is 3. The monoisotopic (exact) mass is 448 g/mol. The highest BCUT2D eigenvalue weighted by molar-refractivity contribution is 5.90. The van der Waals surface area contributed by atoms with Crippen LogP contribution in [0.5, 0.6) is 0 Å². The Kier molecular flexibility index (Phi) is 7.91.